The second-order valence-corrected chi connectivity index (χ2v) is 5.08. The van der Waals surface area contributed by atoms with Crippen LogP contribution in [-0.2, 0) is 9.30 Å². The third-order valence-electron chi connectivity index (χ3n) is 2.52. The zero-order valence-corrected chi connectivity index (χ0v) is 10.1. The monoisotopic (exact) mass is 258 g/mol. The molecule has 1 saturated heterocycles. The summed E-state index contributed by atoms with van der Waals surface area (Å²) < 4.78 is 16.2. The molecule has 17 heavy (non-hydrogen) atoms. The van der Waals surface area contributed by atoms with Crippen LogP contribution in [0.4, 0.5) is 11.4 Å². The molecule has 0 amide bonds. The van der Waals surface area contributed by atoms with Crippen molar-refractivity contribution >= 4 is 19.1 Å². The third-order valence-corrected chi connectivity index (χ3v) is 3.05. The van der Waals surface area contributed by atoms with Crippen molar-refractivity contribution in [1.29, 1.82) is 0 Å². The highest BCUT2D eigenvalue weighted by Gasteiger charge is 2.19. The molecule has 1 heterocycles. The van der Waals surface area contributed by atoms with Gasteiger partial charge in [0.05, 0.1) is 24.6 Å². The molecular weight excluding hydrogens is 243 g/mol. The molecule has 1 aliphatic rings. The predicted octanol–water partition coefficient (Wildman–Crippen LogP) is 1.03. The fourth-order valence-electron chi connectivity index (χ4n) is 1.81. The molecule has 1 aliphatic heterocycles. The summed E-state index contributed by atoms with van der Waals surface area (Å²) in [5.74, 6) is 0. The first-order chi connectivity index (χ1) is 8.06. The van der Waals surface area contributed by atoms with Crippen LogP contribution in [0.5, 0.6) is 0 Å². The van der Waals surface area contributed by atoms with E-state index in [1.54, 1.807) is 12.1 Å². The lowest BCUT2D eigenvalue weighted by Gasteiger charge is -2.30. The highest BCUT2D eigenvalue weighted by Crippen LogP contribution is 2.39. The first kappa shape index (κ1) is 12.4. The quantitative estimate of drug-likeness (QED) is 0.702. The molecule has 0 saturated carbocycles. The van der Waals surface area contributed by atoms with Crippen molar-refractivity contribution in [3.63, 3.8) is 0 Å². The SMILES string of the molecule is O=P(O)(O)Nc1ccccc1N1CCOCC1. The van der Waals surface area contributed by atoms with Gasteiger partial charge in [0.25, 0.3) is 0 Å². The van der Waals surface area contributed by atoms with Gasteiger partial charge in [-0.05, 0) is 12.1 Å². The Morgan fingerprint density at radius 1 is 1.24 bits per heavy atom. The topological polar surface area (TPSA) is 82.0 Å². The van der Waals surface area contributed by atoms with Crippen molar-refractivity contribution < 1.29 is 19.1 Å². The van der Waals surface area contributed by atoms with Crippen LogP contribution >= 0.6 is 7.75 Å². The van der Waals surface area contributed by atoms with Gasteiger partial charge < -0.3 is 19.4 Å². The number of hydrogen-bond acceptors (Lipinski definition) is 3. The molecule has 3 N–H and O–H groups in total. The summed E-state index contributed by atoms with van der Waals surface area (Å²) in [6.07, 6.45) is 0. The van der Waals surface area contributed by atoms with Gasteiger partial charge in [-0.1, -0.05) is 12.1 Å². The molecule has 0 aromatic heterocycles. The van der Waals surface area contributed by atoms with E-state index >= 15 is 0 Å². The predicted molar refractivity (Wildman–Crippen MR) is 65.1 cm³/mol. The van der Waals surface area contributed by atoms with Gasteiger partial charge in [-0.15, -0.1) is 0 Å². The van der Waals surface area contributed by atoms with Crippen LogP contribution < -0.4 is 9.99 Å². The first-order valence-corrected chi connectivity index (χ1v) is 6.93. The van der Waals surface area contributed by atoms with Gasteiger partial charge in [0, 0.05) is 13.1 Å². The fourth-order valence-corrected chi connectivity index (χ4v) is 2.31. The van der Waals surface area contributed by atoms with Crippen molar-refractivity contribution in [2.45, 2.75) is 0 Å². The Kier molecular flexibility index (Phi) is 3.69. The molecule has 2 rings (SSSR count). The van der Waals surface area contributed by atoms with Crippen molar-refractivity contribution in [2.24, 2.45) is 0 Å². The molecule has 0 aliphatic carbocycles. The molecule has 0 atom stereocenters. The lowest BCUT2D eigenvalue weighted by molar-refractivity contribution is 0.123. The van der Waals surface area contributed by atoms with Gasteiger partial charge in [-0.3, -0.25) is 5.09 Å². The van der Waals surface area contributed by atoms with E-state index in [9.17, 15) is 4.57 Å². The van der Waals surface area contributed by atoms with Crippen molar-refractivity contribution in [1.82, 2.24) is 0 Å². The number of nitrogens with zero attached hydrogens (tertiary/aromatic N) is 1. The minimum absolute atomic E-state index is 0.447. The highest BCUT2D eigenvalue weighted by molar-refractivity contribution is 7.53. The fraction of sp³-hybridized carbons (Fsp3) is 0.400. The van der Waals surface area contributed by atoms with E-state index in [2.05, 4.69) is 5.09 Å². The van der Waals surface area contributed by atoms with Crippen LogP contribution in [0.25, 0.3) is 0 Å². The minimum atomic E-state index is -4.27. The zero-order valence-electron chi connectivity index (χ0n) is 9.24. The number of rotatable bonds is 3. The number of para-hydroxylation sites is 2. The Morgan fingerprint density at radius 2 is 1.88 bits per heavy atom. The van der Waals surface area contributed by atoms with E-state index in [0.717, 1.165) is 18.8 Å². The molecule has 94 valence electrons. The number of morpholine rings is 1. The molecule has 0 spiro atoms. The maximum Gasteiger partial charge on any atom is 0.427 e. The second-order valence-electron chi connectivity index (χ2n) is 3.77. The smallest absolute Gasteiger partial charge is 0.378 e. The largest absolute Gasteiger partial charge is 0.427 e. The molecule has 1 fully saturated rings. The Labute approximate surface area is 99.4 Å². The average Bonchev–Trinajstić information content (AvgIpc) is 2.29. The number of benzene rings is 1. The number of nitrogens with one attached hydrogen (secondary N) is 1. The van der Waals surface area contributed by atoms with Gasteiger partial charge in [0.1, 0.15) is 0 Å². The minimum Gasteiger partial charge on any atom is -0.378 e. The molecular formula is C10H15N2O4P. The third kappa shape index (κ3) is 3.44. The molecule has 1 aromatic carbocycles. The Balaban J connectivity index is 2.23. The molecule has 0 radical (unpaired) electrons. The standard InChI is InChI=1S/C10H15N2O4P/c13-17(14,15)11-9-3-1-2-4-10(9)12-5-7-16-8-6-12/h1-4H,5-8H2,(H3,11,13,14,15). The lowest BCUT2D eigenvalue weighted by atomic mass is 10.2. The second kappa shape index (κ2) is 5.06. The molecule has 0 bridgehead atoms. The maximum absolute atomic E-state index is 11.0. The number of anilines is 2. The van der Waals surface area contributed by atoms with Gasteiger partial charge in [0.2, 0.25) is 0 Å². The maximum atomic E-state index is 11.0. The van der Waals surface area contributed by atoms with Crippen LogP contribution in [0.15, 0.2) is 24.3 Å². The van der Waals surface area contributed by atoms with Crippen molar-refractivity contribution in [2.75, 3.05) is 36.3 Å². The molecule has 0 unspecified atom stereocenters. The van der Waals surface area contributed by atoms with Crippen LogP contribution in [0.3, 0.4) is 0 Å². The van der Waals surface area contributed by atoms with Crippen LogP contribution in [0.1, 0.15) is 0 Å². The summed E-state index contributed by atoms with van der Waals surface area (Å²) in [6.45, 7) is 2.70. The van der Waals surface area contributed by atoms with E-state index in [4.69, 9.17) is 14.5 Å². The Morgan fingerprint density at radius 3 is 2.53 bits per heavy atom. The van der Waals surface area contributed by atoms with Gasteiger partial charge in [0.15, 0.2) is 0 Å². The van der Waals surface area contributed by atoms with Crippen molar-refractivity contribution in [3.05, 3.63) is 24.3 Å². The van der Waals surface area contributed by atoms with Gasteiger partial charge >= 0.3 is 7.75 Å². The summed E-state index contributed by atoms with van der Waals surface area (Å²) in [4.78, 5) is 19.9. The van der Waals surface area contributed by atoms with Crippen molar-refractivity contribution in [3.8, 4) is 0 Å². The van der Waals surface area contributed by atoms with E-state index in [-0.39, 0.29) is 0 Å². The number of hydrogen-bond donors (Lipinski definition) is 3. The first-order valence-electron chi connectivity index (χ1n) is 5.32. The highest BCUT2D eigenvalue weighted by atomic mass is 31.2. The Bertz CT molecular complexity index is 428. The number of ether oxygens (including phenoxy) is 1. The summed E-state index contributed by atoms with van der Waals surface area (Å²) >= 11 is 0. The van der Waals surface area contributed by atoms with Gasteiger partial charge in [-0.2, -0.15) is 0 Å². The van der Waals surface area contributed by atoms with Gasteiger partial charge in [-0.25, -0.2) is 4.57 Å². The van der Waals surface area contributed by atoms with E-state index < -0.39 is 7.75 Å². The summed E-state index contributed by atoms with van der Waals surface area (Å²) in [6, 6.07) is 7.07. The van der Waals surface area contributed by atoms with Crippen LogP contribution in [0, 0.1) is 0 Å². The average molecular weight is 258 g/mol. The lowest BCUT2D eigenvalue weighted by Crippen LogP contribution is -2.36. The summed E-state index contributed by atoms with van der Waals surface area (Å²) in [5.41, 5.74) is 1.24. The summed E-state index contributed by atoms with van der Waals surface area (Å²) in [7, 11) is -4.27. The summed E-state index contributed by atoms with van der Waals surface area (Å²) in [5, 5.41) is 2.23. The zero-order chi connectivity index (χ0) is 12.3. The molecule has 7 heteroatoms. The van der Waals surface area contributed by atoms with Crippen LogP contribution in [-0.4, -0.2) is 36.1 Å². The van der Waals surface area contributed by atoms with Crippen LogP contribution in [0.2, 0.25) is 0 Å². The molecule has 6 nitrogen and oxygen atoms in total. The normalized spacial score (nSPS) is 16.9. The van der Waals surface area contributed by atoms with E-state index in [0.29, 0.717) is 18.9 Å². The Hall–Kier alpha value is -1.07. The van der Waals surface area contributed by atoms with E-state index in [1.807, 2.05) is 17.0 Å². The van der Waals surface area contributed by atoms with E-state index in [1.165, 1.54) is 0 Å². The molecule has 1 aromatic rings.